The quantitative estimate of drug-likeness (QED) is 0.789. The van der Waals surface area contributed by atoms with Crippen molar-refractivity contribution in [1.29, 1.82) is 0 Å². The molecule has 1 aliphatic rings. The van der Waals surface area contributed by atoms with Gasteiger partial charge in [-0.2, -0.15) is 0 Å². The van der Waals surface area contributed by atoms with E-state index in [1.807, 2.05) is 0 Å². The number of aryl methyl sites for hydroxylation is 4. The highest BCUT2D eigenvalue weighted by molar-refractivity contribution is 7.18. The van der Waals surface area contributed by atoms with Crippen molar-refractivity contribution < 1.29 is 0 Å². The molecule has 0 spiro atoms. The summed E-state index contributed by atoms with van der Waals surface area (Å²) in [6.07, 6.45) is 4.75. The summed E-state index contributed by atoms with van der Waals surface area (Å²) in [6, 6.07) is 0. The Morgan fingerprint density at radius 3 is 3.00 bits per heavy atom. The molecule has 3 aromatic heterocycles. The molecule has 0 bridgehead atoms. The highest BCUT2D eigenvalue weighted by Gasteiger charge is 2.22. The Kier molecular flexibility index (Phi) is 3.96. The lowest BCUT2D eigenvalue weighted by atomic mass is 9.99. The van der Waals surface area contributed by atoms with Gasteiger partial charge in [0.15, 0.2) is 0 Å². The summed E-state index contributed by atoms with van der Waals surface area (Å²) in [5.41, 5.74) is 1.29. The zero-order chi connectivity index (χ0) is 16.7. The Hall–Kier alpha value is -2.02. The van der Waals surface area contributed by atoms with E-state index in [1.54, 1.807) is 17.7 Å². The average molecular weight is 342 g/mol. The molecule has 0 unspecified atom stereocenters. The summed E-state index contributed by atoms with van der Waals surface area (Å²) < 4.78 is 2.30. The first kappa shape index (κ1) is 15.5. The summed E-state index contributed by atoms with van der Waals surface area (Å²) in [7, 11) is 0. The topological polar surface area (TPSA) is 68.5 Å². The lowest BCUT2D eigenvalue weighted by Gasteiger charge is -2.24. The van der Waals surface area contributed by atoms with Crippen LogP contribution in [-0.2, 0) is 19.4 Å². The smallest absolute Gasteiger partial charge is 0.138 e. The third-order valence-corrected chi connectivity index (χ3v) is 6.08. The fraction of sp³-hybridized carbons (Fsp3) is 0.529. The van der Waals surface area contributed by atoms with Crippen LogP contribution in [0.25, 0.3) is 10.2 Å². The van der Waals surface area contributed by atoms with E-state index in [2.05, 4.69) is 50.8 Å². The van der Waals surface area contributed by atoms with E-state index in [9.17, 15) is 0 Å². The summed E-state index contributed by atoms with van der Waals surface area (Å²) in [6.45, 7) is 8.35. The van der Waals surface area contributed by atoms with Gasteiger partial charge in [-0.1, -0.05) is 6.92 Å². The number of thiophene rings is 1. The SMILES string of the molecule is CCc1nnc2n1C[C@H](CNc1ncnc3sc(C)c(C)c13)CC2. The van der Waals surface area contributed by atoms with E-state index in [0.717, 1.165) is 54.6 Å². The molecule has 1 N–H and O–H groups in total. The van der Waals surface area contributed by atoms with Crippen molar-refractivity contribution >= 4 is 27.4 Å². The molecule has 1 aliphatic heterocycles. The predicted molar refractivity (Wildman–Crippen MR) is 96.6 cm³/mol. The van der Waals surface area contributed by atoms with Gasteiger partial charge in [0.2, 0.25) is 0 Å². The van der Waals surface area contributed by atoms with Crippen molar-refractivity contribution in [3.63, 3.8) is 0 Å². The van der Waals surface area contributed by atoms with E-state index in [4.69, 9.17) is 0 Å². The second-order valence-corrected chi connectivity index (χ2v) is 7.67. The second kappa shape index (κ2) is 6.12. The summed E-state index contributed by atoms with van der Waals surface area (Å²) >= 11 is 1.74. The Labute approximate surface area is 145 Å². The molecule has 4 heterocycles. The normalized spacial score (nSPS) is 17.2. The molecular formula is C17H22N6S. The standard InChI is InChI=1S/C17H22N6S/c1-4-13-21-22-14-6-5-12(8-23(13)14)7-18-16-15-10(2)11(3)24-17(15)20-9-19-16/h9,12H,4-8H2,1-3H3,(H,18,19,20)/t12-/m0/s1. The molecule has 7 heteroatoms. The highest BCUT2D eigenvalue weighted by Crippen LogP contribution is 2.32. The van der Waals surface area contributed by atoms with E-state index >= 15 is 0 Å². The van der Waals surface area contributed by atoms with Gasteiger partial charge in [0.05, 0.1) is 5.39 Å². The molecule has 0 fully saturated rings. The van der Waals surface area contributed by atoms with Crippen LogP contribution in [0.1, 0.15) is 35.4 Å². The maximum absolute atomic E-state index is 4.49. The lowest BCUT2D eigenvalue weighted by molar-refractivity contribution is 0.374. The molecule has 0 saturated carbocycles. The number of hydrogen-bond donors (Lipinski definition) is 1. The molecule has 0 radical (unpaired) electrons. The van der Waals surface area contributed by atoms with E-state index in [-0.39, 0.29) is 0 Å². The predicted octanol–water partition coefficient (Wildman–Crippen LogP) is 3.14. The number of rotatable bonds is 4. The number of nitrogens with one attached hydrogen (secondary N) is 1. The van der Waals surface area contributed by atoms with Gasteiger partial charge in [-0.3, -0.25) is 0 Å². The van der Waals surface area contributed by atoms with E-state index < -0.39 is 0 Å². The van der Waals surface area contributed by atoms with Gasteiger partial charge < -0.3 is 9.88 Å². The van der Waals surface area contributed by atoms with Crippen LogP contribution >= 0.6 is 11.3 Å². The van der Waals surface area contributed by atoms with E-state index in [0.29, 0.717) is 5.92 Å². The van der Waals surface area contributed by atoms with Crippen molar-refractivity contribution in [2.75, 3.05) is 11.9 Å². The van der Waals surface area contributed by atoms with Gasteiger partial charge in [-0.25, -0.2) is 9.97 Å². The van der Waals surface area contributed by atoms with Crippen molar-refractivity contribution in [3.8, 4) is 0 Å². The van der Waals surface area contributed by atoms with Gasteiger partial charge in [-0.15, -0.1) is 21.5 Å². The van der Waals surface area contributed by atoms with E-state index in [1.165, 1.54) is 15.8 Å². The molecule has 0 saturated heterocycles. The fourth-order valence-corrected chi connectivity index (χ4v) is 4.43. The van der Waals surface area contributed by atoms with Crippen LogP contribution in [0.5, 0.6) is 0 Å². The maximum Gasteiger partial charge on any atom is 0.138 e. The first-order valence-electron chi connectivity index (χ1n) is 8.53. The van der Waals surface area contributed by atoms with Crippen LogP contribution in [0.2, 0.25) is 0 Å². The zero-order valence-corrected chi connectivity index (χ0v) is 15.2. The van der Waals surface area contributed by atoms with Crippen LogP contribution in [0.15, 0.2) is 6.33 Å². The first-order chi connectivity index (χ1) is 11.7. The summed E-state index contributed by atoms with van der Waals surface area (Å²) in [4.78, 5) is 11.3. The summed E-state index contributed by atoms with van der Waals surface area (Å²) in [5, 5.41) is 13.4. The van der Waals surface area contributed by atoms with Crippen LogP contribution in [0.3, 0.4) is 0 Å². The average Bonchev–Trinajstić information content (AvgIpc) is 3.14. The molecule has 0 aliphatic carbocycles. The van der Waals surface area contributed by atoms with Crippen molar-refractivity contribution in [1.82, 2.24) is 24.7 Å². The Morgan fingerprint density at radius 1 is 1.29 bits per heavy atom. The minimum Gasteiger partial charge on any atom is -0.369 e. The third kappa shape index (κ3) is 2.56. The van der Waals surface area contributed by atoms with Crippen LogP contribution in [0, 0.1) is 19.8 Å². The molecule has 1 atom stereocenters. The highest BCUT2D eigenvalue weighted by atomic mass is 32.1. The fourth-order valence-electron chi connectivity index (χ4n) is 3.44. The molecule has 6 nitrogen and oxygen atoms in total. The maximum atomic E-state index is 4.49. The Balaban J connectivity index is 1.52. The number of nitrogens with zero attached hydrogens (tertiary/aromatic N) is 5. The number of anilines is 1. The van der Waals surface area contributed by atoms with Gasteiger partial charge in [0.1, 0.15) is 28.6 Å². The van der Waals surface area contributed by atoms with Gasteiger partial charge in [0, 0.05) is 30.8 Å². The Bertz CT molecular complexity index is 867. The Morgan fingerprint density at radius 2 is 2.17 bits per heavy atom. The first-order valence-corrected chi connectivity index (χ1v) is 9.34. The van der Waals surface area contributed by atoms with Crippen molar-refractivity contribution in [2.45, 2.75) is 46.6 Å². The van der Waals surface area contributed by atoms with Gasteiger partial charge in [-0.05, 0) is 31.7 Å². The monoisotopic (exact) mass is 342 g/mol. The molecule has 24 heavy (non-hydrogen) atoms. The molecule has 4 rings (SSSR count). The third-order valence-electron chi connectivity index (χ3n) is 4.96. The molecule has 126 valence electrons. The molecule has 0 aromatic carbocycles. The second-order valence-electron chi connectivity index (χ2n) is 6.47. The number of aromatic nitrogens is 5. The molecule has 0 amide bonds. The van der Waals surface area contributed by atoms with Crippen LogP contribution in [-0.4, -0.2) is 31.3 Å². The zero-order valence-electron chi connectivity index (χ0n) is 14.3. The largest absolute Gasteiger partial charge is 0.369 e. The van der Waals surface area contributed by atoms with Gasteiger partial charge in [0.25, 0.3) is 0 Å². The number of hydrogen-bond acceptors (Lipinski definition) is 6. The van der Waals surface area contributed by atoms with Gasteiger partial charge >= 0.3 is 0 Å². The van der Waals surface area contributed by atoms with Crippen LogP contribution < -0.4 is 5.32 Å². The minimum atomic E-state index is 0.573. The molecule has 3 aromatic rings. The lowest BCUT2D eigenvalue weighted by Crippen LogP contribution is -2.27. The van der Waals surface area contributed by atoms with Crippen molar-refractivity contribution in [2.24, 2.45) is 5.92 Å². The van der Waals surface area contributed by atoms with Crippen LogP contribution in [0.4, 0.5) is 5.82 Å². The molecular weight excluding hydrogens is 320 g/mol. The number of fused-ring (bicyclic) bond motifs is 2. The van der Waals surface area contributed by atoms with Crippen molar-refractivity contribution in [3.05, 3.63) is 28.4 Å². The summed E-state index contributed by atoms with van der Waals surface area (Å²) in [5.74, 6) is 3.77. The minimum absolute atomic E-state index is 0.573.